The predicted octanol–water partition coefficient (Wildman–Crippen LogP) is 3.06. The van der Waals surface area contributed by atoms with Gasteiger partial charge in [0.2, 0.25) is 5.91 Å². The first-order chi connectivity index (χ1) is 8.63. The van der Waals surface area contributed by atoms with Crippen LogP contribution < -0.4 is 5.32 Å². The summed E-state index contributed by atoms with van der Waals surface area (Å²) in [6, 6.07) is 6.57. The Morgan fingerprint density at radius 1 is 1.28 bits per heavy atom. The van der Waals surface area contributed by atoms with Crippen molar-refractivity contribution in [3.8, 4) is 0 Å². The highest BCUT2D eigenvalue weighted by molar-refractivity contribution is 7.99. The molecule has 0 atom stereocenters. The van der Waals surface area contributed by atoms with Crippen LogP contribution in [0.2, 0.25) is 0 Å². The molecule has 0 bridgehead atoms. The van der Waals surface area contributed by atoms with Gasteiger partial charge in [0.25, 0.3) is 0 Å². The summed E-state index contributed by atoms with van der Waals surface area (Å²) in [5, 5.41) is 2.99. The van der Waals surface area contributed by atoms with E-state index in [2.05, 4.69) is 37.4 Å². The summed E-state index contributed by atoms with van der Waals surface area (Å²) in [4.78, 5) is 11.6. The summed E-state index contributed by atoms with van der Waals surface area (Å²) in [6.45, 7) is 5.11. The van der Waals surface area contributed by atoms with E-state index in [0.717, 1.165) is 18.2 Å². The second-order valence-corrected chi connectivity index (χ2v) is 6.22. The van der Waals surface area contributed by atoms with Gasteiger partial charge in [-0.05, 0) is 38.2 Å². The molecule has 1 aliphatic carbocycles. The van der Waals surface area contributed by atoms with Crippen LogP contribution >= 0.6 is 11.8 Å². The second kappa shape index (κ2) is 6.28. The summed E-state index contributed by atoms with van der Waals surface area (Å²) in [7, 11) is 0. The number of aryl methyl sites for hydroxylation is 2. The van der Waals surface area contributed by atoms with Crippen LogP contribution in [0.5, 0.6) is 0 Å². The summed E-state index contributed by atoms with van der Waals surface area (Å²) < 4.78 is 0. The lowest BCUT2D eigenvalue weighted by molar-refractivity contribution is -0.118. The van der Waals surface area contributed by atoms with Crippen molar-refractivity contribution in [2.45, 2.75) is 32.4 Å². The molecule has 0 radical (unpaired) electrons. The van der Waals surface area contributed by atoms with Crippen LogP contribution in [-0.2, 0) is 10.5 Å². The van der Waals surface area contributed by atoms with E-state index in [-0.39, 0.29) is 5.91 Å². The van der Waals surface area contributed by atoms with Crippen molar-refractivity contribution < 1.29 is 4.79 Å². The van der Waals surface area contributed by atoms with Crippen LogP contribution in [0.4, 0.5) is 0 Å². The molecule has 0 heterocycles. The van der Waals surface area contributed by atoms with E-state index in [4.69, 9.17) is 0 Å². The van der Waals surface area contributed by atoms with Gasteiger partial charge in [0.15, 0.2) is 0 Å². The van der Waals surface area contributed by atoms with Gasteiger partial charge in [0.05, 0.1) is 5.75 Å². The zero-order chi connectivity index (χ0) is 13.0. The Hall–Kier alpha value is -0.960. The summed E-state index contributed by atoms with van der Waals surface area (Å²) >= 11 is 1.69. The molecule has 1 aromatic rings. The molecule has 1 N–H and O–H groups in total. The maximum atomic E-state index is 11.6. The van der Waals surface area contributed by atoms with Crippen molar-refractivity contribution in [3.05, 3.63) is 34.9 Å². The quantitative estimate of drug-likeness (QED) is 0.854. The van der Waals surface area contributed by atoms with Gasteiger partial charge in [-0.2, -0.15) is 0 Å². The number of hydrogen-bond donors (Lipinski definition) is 1. The molecular weight excluding hydrogens is 242 g/mol. The summed E-state index contributed by atoms with van der Waals surface area (Å²) in [6.07, 6.45) is 2.58. The largest absolute Gasteiger partial charge is 0.355 e. The lowest BCUT2D eigenvalue weighted by Gasteiger charge is -2.06. The lowest BCUT2D eigenvalue weighted by Crippen LogP contribution is -2.27. The molecule has 1 aromatic carbocycles. The Balaban J connectivity index is 1.68. The summed E-state index contributed by atoms with van der Waals surface area (Å²) in [5.41, 5.74) is 3.90. The fourth-order valence-electron chi connectivity index (χ4n) is 2.05. The molecule has 1 amide bonds. The lowest BCUT2D eigenvalue weighted by atomic mass is 10.1. The molecule has 0 aromatic heterocycles. The molecule has 1 aliphatic rings. The standard InChI is InChI=1S/C15H21NOS/c1-11-5-12(2)7-14(6-11)9-18-10-15(17)16-8-13-3-4-13/h5-7,13H,3-4,8-10H2,1-2H3,(H,16,17). The van der Waals surface area contributed by atoms with E-state index in [0.29, 0.717) is 5.75 Å². The minimum atomic E-state index is 0.177. The third-order valence-corrected chi connectivity index (χ3v) is 4.07. The molecule has 0 aliphatic heterocycles. The topological polar surface area (TPSA) is 29.1 Å². The van der Waals surface area contributed by atoms with Gasteiger partial charge in [-0.25, -0.2) is 0 Å². The third-order valence-electron chi connectivity index (χ3n) is 3.07. The normalized spacial score (nSPS) is 14.6. The average Bonchev–Trinajstić information content (AvgIpc) is 3.08. The number of hydrogen-bond acceptors (Lipinski definition) is 2. The number of benzene rings is 1. The maximum absolute atomic E-state index is 11.6. The molecule has 2 rings (SSSR count). The Bertz CT molecular complexity index is 406. The molecule has 0 saturated heterocycles. The Morgan fingerprint density at radius 3 is 2.56 bits per heavy atom. The van der Waals surface area contributed by atoms with Crippen LogP contribution in [0, 0.1) is 19.8 Å². The SMILES string of the molecule is Cc1cc(C)cc(CSCC(=O)NCC2CC2)c1. The van der Waals surface area contributed by atoms with Gasteiger partial charge in [-0.15, -0.1) is 11.8 Å². The van der Waals surface area contributed by atoms with Crippen molar-refractivity contribution in [3.63, 3.8) is 0 Å². The van der Waals surface area contributed by atoms with Gasteiger partial charge < -0.3 is 5.32 Å². The van der Waals surface area contributed by atoms with Crippen LogP contribution in [0.15, 0.2) is 18.2 Å². The van der Waals surface area contributed by atoms with Crippen LogP contribution in [0.3, 0.4) is 0 Å². The number of carbonyl (C=O) groups excluding carboxylic acids is 1. The highest BCUT2D eigenvalue weighted by Crippen LogP contribution is 2.27. The minimum absolute atomic E-state index is 0.177. The molecule has 2 nitrogen and oxygen atoms in total. The first-order valence-corrected chi connectivity index (χ1v) is 7.70. The summed E-state index contributed by atoms with van der Waals surface area (Å²) in [5.74, 6) is 2.42. The smallest absolute Gasteiger partial charge is 0.230 e. The zero-order valence-electron chi connectivity index (χ0n) is 11.2. The van der Waals surface area contributed by atoms with Crippen molar-refractivity contribution in [1.82, 2.24) is 5.32 Å². The first kappa shape index (κ1) is 13.5. The van der Waals surface area contributed by atoms with Crippen molar-refractivity contribution in [1.29, 1.82) is 0 Å². The van der Waals surface area contributed by atoms with E-state index in [1.54, 1.807) is 11.8 Å². The van der Waals surface area contributed by atoms with Crippen molar-refractivity contribution >= 4 is 17.7 Å². The van der Waals surface area contributed by atoms with E-state index in [1.165, 1.54) is 29.5 Å². The van der Waals surface area contributed by atoms with Gasteiger partial charge >= 0.3 is 0 Å². The molecule has 98 valence electrons. The van der Waals surface area contributed by atoms with Crippen LogP contribution in [0.25, 0.3) is 0 Å². The number of amides is 1. The minimum Gasteiger partial charge on any atom is -0.355 e. The molecule has 3 heteroatoms. The fraction of sp³-hybridized carbons (Fsp3) is 0.533. The van der Waals surface area contributed by atoms with Crippen LogP contribution in [0.1, 0.15) is 29.5 Å². The maximum Gasteiger partial charge on any atom is 0.230 e. The third kappa shape index (κ3) is 4.73. The van der Waals surface area contributed by atoms with Gasteiger partial charge in [-0.1, -0.05) is 29.3 Å². The predicted molar refractivity (Wildman–Crippen MR) is 77.8 cm³/mol. The molecule has 1 fully saturated rings. The average molecular weight is 263 g/mol. The van der Waals surface area contributed by atoms with E-state index < -0.39 is 0 Å². The molecule has 1 saturated carbocycles. The highest BCUT2D eigenvalue weighted by Gasteiger charge is 2.21. The molecule has 0 unspecified atom stereocenters. The molecule has 18 heavy (non-hydrogen) atoms. The van der Waals surface area contributed by atoms with Gasteiger partial charge in [0, 0.05) is 12.3 Å². The van der Waals surface area contributed by atoms with Gasteiger partial charge in [0.1, 0.15) is 0 Å². The highest BCUT2D eigenvalue weighted by atomic mass is 32.2. The van der Waals surface area contributed by atoms with E-state index in [9.17, 15) is 4.79 Å². The van der Waals surface area contributed by atoms with Crippen molar-refractivity contribution in [2.24, 2.45) is 5.92 Å². The molecular formula is C15H21NOS. The Labute approximate surface area is 114 Å². The first-order valence-electron chi connectivity index (χ1n) is 6.55. The number of thioether (sulfide) groups is 1. The van der Waals surface area contributed by atoms with E-state index in [1.807, 2.05) is 0 Å². The Morgan fingerprint density at radius 2 is 1.94 bits per heavy atom. The fourth-order valence-corrected chi connectivity index (χ4v) is 2.84. The zero-order valence-corrected chi connectivity index (χ0v) is 12.0. The number of rotatable bonds is 6. The number of carbonyl (C=O) groups is 1. The monoisotopic (exact) mass is 263 g/mol. The number of nitrogens with one attached hydrogen (secondary N) is 1. The van der Waals surface area contributed by atoms with Crippen molar-refractivity contribution in [2.75, 3.05) is 12.3 Å². The second-order valence-electron chi connectivity index (χ2n) is 5.24. The van der Waals surface area contributed by atoms with Crippen LogP contribution in [-0.4, -0.2) is 18.2 Å². The Kier molecular flexibility index (Phi) is 4.70. The van der Waals surface area contributed by atoms with E-state index >= 15 is 0 Å². The van der Waals surface area contributed by atoms with Gasteiger partial charge in [-0.3, -0.25) is 4.79 Å². The molecule has 0 spiro atoms.